The summed E-state index contributed by atoms with van der Waals surface area (Å²) >= 11 is 0. The van der Waals surface area contributed by atoms with E-state index >= 15 is 0 Å². The lowest BCUT2D eigenvalue weighted by molar-refractivity contribution is 1.14. The molecule has 0 radical (unpaired) electrons. The van der Waals surface area contributed by atoms with E-state index in [1.54, 1.807) is 0 Å². The predicted octanol–water partition coefficient (Wildman–Crippen LogP) is 4.43. The molecule has 0 atom stereocenters. The highest BCUT2D eigenvalue weighted by molar-refractivity contribution is 6.01. The monoisotopic (exact) mass is 277 g/mol. The van der Waals surface area contributed by atoms with Gasteiger partial charge in [-0.1, -0.05) is 19.1 Å². The van der Waals surface area contributed by atoms with Crippen LogP contribution in [0.4, 0.5) is 17.1 Å². The van der Waals surface area contributed by atoms with Crippen LogP contribution in [0.1, 0.15) is 18.2 Å². The van der Waals surface area contributed by atoms with Gasteiger partial charge in [0.1, 0.15) is 0 Å². The molecule has 2 aromatic carbocycles. The highest BCUT2D eigenvalue weighted by atomic mass is 14.9. The minimum Gasteiger partial charge on any atom is -0.398 e. The van der Waals surface area contributed by atoms with Crippen molar-refractivity contribution in [2.24, 2.45) is 0 Å². The maximum absolute atomic E-state index is 6.04. The van der Waals surface area contributed by atoms with E-state index in [1.807, 2.05) is 25.3 Å². The van der Waals surface area contributed by atoms with E-state index in [0.29, 0.717) is 0 Å². The van der Waals surface area contributed by atoms with Gasteiger partial charge in [0.2, 0.25) is 0 Å². The summed E-state index contributed by atoms with van der Waals surface area (Å²) in [5, 5.41) is 5.55. The van der Waals surface area contributed by atoms with Crippen LogP contribution in [-0.2, 0) is 6.42 Å². The summed E-state index contributed by atoms with van der Waals surface area (Å²) in [7, 11) is 0. The normalized spacial score (nSPS) is 10.8. The molecule has 0 aliphatic heterocycles. The Morgan fingerprint density at radius 1 is 1.05 bits per heavy atom. The van der Waals surface area contributed by atoms with Crippen molar-refractivity contribution in [2.75, 3.05) is 11.1 Å². The summed E-state index contributed by atoms with van der Waals surface area (Å²) in [5.74, 6) is 0. The number of nitrogens with zero attached hydrogens (tertiary/aromatic N) is 1. The maximum Gasteiger partial charge on any atom is 0.0466 e. The molecule has 0 spiro atoms. The number of nitrogens with two attached hydrogens (primary N) is 1. The summed E-state index contributed by atoms with van der Waals surface area (Å²) in [5.41, 5.74) is 11.2. The van der Waals surface area contributed by atoms with Crippen LogP contribution in [0.25, 0.3) is 10.8 Å². The third-order valence-corrected chi connectivity index (χ3v) is 3.71. The van der Waals surface area contributed by atoms with E-state index in [-0.39, 0.29) is 0 Å². The van der Waals surface area contributed by atoms with Crippen LogP contribution in [0.2, 0.25) is 0 Å². The molecule has 0 saturated heterocycles. The Hall–Kier alpha value is -2.55. The molecule has 0 fully saturated rings. The molecule has 21 heavy (non-hydrogen) atoms. The van der Waals surface area contributed by atoms with E-state index in [1.165, 1.54) is 5.56 Å². The lowest BCUT2D eigenvalue weighted by atomic mass is 10.1. The van der Waals surface area contributed by atoms with Gasteiger partial charge in [-0.3, -0.25) is 4.98 Å². The van der Waals surface area contributed by atoms with Crippen molar-refractivity contribution in [2.45, 2.75) is 20.3 Å². The quantitative estimate of drug-likeness (QED) is 0.696. The topological polar surface area (TPSA) is 50.9 Å². The molecule has 3 rings (SSSR count). The molecule has 0 aliphatic rings. The highest BCUT2D eigenvalue weighted by Gasteiger charge is 2.05. The molecule has 0 aliphatic carbocycles. The Morgan fingerprint density at radius 3 is 2.52 bits per heavy atom. The minimum atomic E-state index is 0.754. The number of rotatable bonds is 3. The fourth-order valence-electron chi connectivity index (χ4n) is 2.45. The second-order valence-electron chi connectivity index (χ2n) is 5.25. The molecular weight excluding hydrogens is 258 g/mol. The molecular formula is C18H19N3. The average molecular weight is 277 g/mol. The molecule has 3 N–H and O–H groups in total. The number of nitrogens with one attached hydrogen (secondary N) is 1. The number of pyridine rings is 1. The molecule has 3 heteroatoms. The second kappa shape index (κ2) is 5.44. The van der Waals surface area contributed by atoms with Crippen LogP contribution in [0.5, 0.6) is 0 Å². The Bertz CT molecular complexity index is 776. The zero-order chi connectivity index (χ0) is 14.8. The number of hydrogen-bond acceptors (Lipinski definition) is 3. The van der Waals surface area contributed by atoms with Crippen molar-refractivity contribution < 1.29 is 0 Å². The maximum atomic E-state index is 6.04. The van der Waals surface area contributed by atoms with E-state index in [9.17, 15) is 0 Å². The Kier molecular flexibility index (Phi) is 3.48. The molecule has 0 saturated carbocycles. The zero-order valence-electron chi connectivity index (χ0n) is 12.4. The number of aryl methyl sites for hydroxylation is 2. The van der Waals surface area contributed by atoms with Crippen molar-refractivity contribution in [3.8, 4) is 0 Å². The zero-order valence-corrected chi connectivity index (χ0v) is 12.4. The summed E-state index contributed by atoms with van der Waals surface area (Å²) in [6, 6.07) is 14.5. The van der Waals surface area contributed by atoms with Crippen molar-refractivity contribution >= 4 is 27.8 Å². The fourth-order valence-corrected chi connectivity index (χ4v) is 2.45. The van der Waals surface area contributed by atoms with E-state index in [4.69, 9.17) is 5.73 Å². The minimum absolute atomic E-state index is 0.754. The van der Waals surface area contributed by atoms with Crippen LogP contribution in [0.15, 0.2) is 48.7 Å². The molecule has 1 aromatic heterocycles. The van der Waals surface area contributed by atoms with Gasteiger partial charge in [0.05, 0.1) is 0 Å². The van der Waals surface area contributed by atoms with Crippen LogP contribution in [0.3, 0.4) is 0 Å². The van der Waals surface area contributed by atoms with Crippen LogP contribution >= 0.6 is 0 Å². The average Bonchev–Trinajstić information content (AvgIpc) is 2.51. The number of aromatic nitrogens is 1. The Labute approximate surface area is 124 Å². The van der Waals surface area contributed by atoms with Crippen molar-refractivity contribution in [1.82, 2.24) is 4.98 Å². The van der Waals surface area contributed by atoms with Crippen molar-refractivity contribution in [3.05, 3.63) is 59.9 Å². The summed E-state index contributed by atoms with van der Waals surface area (Å²) < 4.78 is 0. The first-order valence-corrected chi connectivity index (χ1v) is 7.18. The lowest BCUT2D eigenvalue weighted by Gasteiger charge is -2.12. The molecule has 0 bridgehead atoms. The smallest absolute Gasteiger partial charge is 0.0466 e. The number of anilines is 3. The number of hydrogen-bond donors (Lipinski definition) is 2. The summed E-state index contributed by atoms with van der Waals surface area (Å²) in [4.78, 5) is 4.33. The van der Waals surface area contributed by atoms with Crippen LogP contribution in [-0.4, -0.2) is 4.98 Å². The molecule has 1 heterocycles. The Morgan fingerprint density at radius 2 is 1.81 bits per heavy atom. The largest absolute Gasteiger partial charge is 0.398 e. The first-order valence-electron chi connectivity index (χ1n) is 7.18. The van der Waals surface area contributed by atoms with Gasteiger partial charge in [0.15, 0.2) is 0 Å². The second-order valence-corrected chi connectivity index (χ2v) is 5.25. The van der Waals surface area contributed by atoms with Crippen molar-refractivity contribution in [3.63, 3.8) is 0 Å². The van der Waals surface area contributed by atoms with Crippen molar-refractivity contribution in [1.29, 1.82) is 0 Å². The fraction of sp³-hybridized carbons (Fsp3) is 0.167. The third kappa shape index (κ3) is 2.68. The third-order valence-electron chi connectivity index (χ3n) is 3.71. The SMILES string of the molecule is CCc1ccc(Nc2ccc(N)c3cnc(C)cc23)cc1. The van der Waals surface area contributed by atoms with Gasteiger partial charge in [0.25, 0.3) is 0 Å². The number of nitrogen functional groups attached to an aromatic ring is 1. The lowest BCUT2D eigenvalue weighted by Crippen LogP contribution is -1.96. The van der Waals surface area contributed by atoms with E-state index < -0.39 is 0 Å². The number of benzene rings is 2. The molecule has 3 aromatic rings. The van der Waals surface area contributed by atoms with Gasteiger partial charge in [-0.05, 0) is 49.2 Å². The standard InChI is InChI=1S/C18H19N3/c1-3-13-4-6-14(7-5-13)21-18-9-8-17(19)16-11-20-12(2)10-15(16)18/h4-11,21H,3,19H2,1-2H3. The summed E-state index contributed by atoms with van der Waals surface area (Å²) in [6.07, 6.45) is 2.89. The van der Waals surface area contributed by atoms with Gasteiger partial charge >= 0.3 is 0 Å². The number of fused-ring (bicyclic) bond motifs is 1. The van der Waals surface area contributed by atoms with E-state index in [2.05, 4.69) is 47.6 Å². The van der Waals surface area contributed by atoms with E-state index in [0.717, 1.165) is 39.9 Å². The molecule has 0 unspecified atom stereocenters. The predicted molar refractivity (Wildman–Crippen MR) is 90.0 cm³/mol. The van der Waals surface area contributed by atoms with Gasteiger partial charge < -0.3 is 11.1 Å². The van der Waals surface area contributed by atoms with Gasteiger partial charge in [-0.15, -0.1) is 0 Å². The Balaban J connectivity index is 2.03. The first kappa shape index (κ1) is 13.4. The van der Waals surface area contributed by atoms with Crippen LogP contribution < -0.4 is 11.1 Å². The molecule has 3 nitrogen and oxygen atoms in total. The van der Waals surface area contributed by atoms with Gasteiger partial charge in [-0.25, -0.2) is 0 Å². The molecule has 0 amide bonds. The van der Waals surface area contributed by atoms with Gasteiger partial charge in [0, 0.05) is 39.7 Å². The summed E-state index contributed by atoms with van der Waals surface area (Å²) in [6.45, 7) is 4.15. The highest BCUT2D eigenvalue weighted by Crippen LogP contribution is 2.30. The van der Waals surface area contributed by atoms with Gasteiger partial charge in [-0.2, -0.15) is 0 Å². The first-order chi connectivity index (χ1) is 10.2. The van der Waals surface area contributed by atoms with Crippen LogP contribution in [0, 0.1) is 6.92 Å². The molecule has 106 valence electrons.